The Morgan fingerprint density at radius 3 is 1.88 bits per heavy atom. The first kappa shape index (κ1) is 29.1. The zero-order valence-corrected chi connectivity index (χ0v) is 21.2. The zero-order chi connectivity index (χ0) is 29.0. The maximum atomic E-state index is 15.2. The Kier molecular flexibility index (Phi) is 8.81. The summed E-state index contributed by atoms with van der Waals surface area (Å²) < 4.78 is 113. The first-order valence-electron chi connectivity index (χ1n) is 12.5. The molecule has 0 heterocycles. The summed E-state index contributed by atoms with van der Waals surface area (Å²) in [5.74, 6) is -6.34. The second kappa shape index (κ2) is 12.1. The molecule has 0 saturated heterocycles. The Hall–Kier alpha value is -3.88. The van der Waals surface area contributed by atoms with Gasteiger partial charge in [0.15, 0.2) is 11.6 Å². The molecule has 0 aliphatic rings. The molecule has 0 spiro atoms. The van der Waals surface area contributed by atoms with Gasteiger partial charge in [0.25, 0.3) is 0 Å². The van der Waals surface area contributed by atoms with Gasteiger partial charge in [-0.3, -0.25) is 0 Å². The van der Waals surface area contributed by atoms with Crippen molar-refractivity contribution >= 4 is 10.8 Å². The minimum Gasteiger partial charge on any atom is -0.399 e. The van der Waals surface area contributed by atoms with E-state index in [2.05, 4.69) is 11.3 Å². The number of hydrogen-bond donors (Lipinski definition) is 0. The van der Waals surface area contributed by atoms with Gasteiger partial charge in [-0.25, -0.2) is 22.0 Å². The molecule has 4 rings (SSSR count). The van der Waals surface area contributed by atoms with E-state index in [-0.39, 0.29) is 41.3 Å². The molecule has 0 unspecified atom stereocenters. The van der Waals surface area contributed by atoms with Gasteiger partial charge in [0, 0.05) is 10.9 Å². The number of ether oxygens (including phenoxy) is 1. The summed E-state index contributed by atoms with van der Waals surface area (Å²) in [5.41, 5.74) is 1.57. The molecule has 0 saturated carbocycles. The molecule has 0 aliphatic heterocycles. The quantitative estimate of drug-likeness (QED) is 0.138. The maximum absolute atomic E-state index is 15.2. The first-order valence-corrected chi connectivity index (χ1v) is 12.5. The molecule has 0 bridgehead atoms. The minimum absolute atomic E-state index is 0.0187. The molecule has 4 aromatic rings. The van der Waals surface area contributed by atoms with Crippen molar-refractivity contribution in [3.05, 3.63) is 124 Å². The van der Waals surface area contributed by atoms with Crippen molar-refractivity contribution in [2.24, 2.45) is 0 Å². The molecule has 1 nitrogen and oxygen atoms in total. The lowest BCUT2D eigenvalue weighted by Crippen LogP contribution is -2.19. The highest BCUT2D eigenvalue weighted by Crippen LogP contribution is 2.30. The first-order chi connectivity index (χ1) is 18.9. The van der Waals surface area contributed by atoms with Crippen LogP contribution in [-0.4, -0.2) is 6.36 Å². The Bertz CT molecular complexity index is 1490. The zero-order valence-electron chi connectivity index (χ0n) is 21.2. The van der Waals surface area contributed by atoms with Crippen molar-refractivity contribution in [3.63, 3.8) is 0 Å². The molecule has 0 aliphatic carbocycles. The van der Waals surface area contributed by atoms with E-state index in [0.717, 1.165) is 17.7 Å². The Morgan fingerprint density at radius 2 is 1.25 bits per heavy atom. The third kappa shape index (κ3) is 7.00. The normalized spacial score (nSPS) is 11.7. The van der Waals surface area contributed by atoms with Crippen LogP contribution in [0.25, 0.3) is 10.8 Å². The topological polar surface area (TPSA) is 9.23 Å². The van der Waals surface area contributed by atoms with Gasteiger partial charge in [0.05, 0.1) is 0 Å². The van der Waals surface area contributed by atoms with Gasteiger partial charge in [-0.2, -0.15) is 0 Å². The van der Waals surface area contributed by atoms with Crippen LogP contribution in [0.15, 0.2) is 67.3 Å². The van der Waals surface area contributed by atoms with E-state index in [9.17, 15) is 30.7 Å². The summed E-state index contributed by atoms with van der Waals surface area (Å²) in [5, 5.41) is 0.849. The monoisotopic (exact) mass is 564 g/mol. The Labute approximate surface area is 225 Å². The average molecular weight is 565 g/mol. The highest BCUT2D eigenvalue weighted by molar-refractivity contribution is 5.84. The fourth-order valence-electron chi connectivity index (χ4n) is 4.56. The summed E-state index contributed by atoms with van der Waals surface area (Å²) in [6, 6.07) is 12.2. The van der Waals surface area contributed by atoms with E-state index in [1.165, 1.54) is 18.2 Å². The van der Waals surface area contributed by atoms with E-state index in [1.807, 2.05) is 0 Å². The van der Waals surface area contributed by atoms with E-state index in [4.69, 9.17) is 0 Å². The van der Waals surface area contributed by atoms with Gasteiger partial charge in [-0.15, -0.1) is 19.8 Å². The third-order valence-corrected chi connectivity index (χ3v) is 6.56. The number of allylic oxidation sites excluding steroid dienone is 1. The predicted molar refractivity (Wildman–Crippen MR) is 137 cm³/mol. The van der Waals surface area contributed by atoms with E-state index in [1.54, 1.807) is 30.3 Å². The molecule has 0 amide bonds. The van der Waals surface area contributed by atoms with Crippen molar-refractivity contribution in [2.75, 3.05) is 0 Å². The van der Waals surface area contributed by atoms with Crippen LogP contribution in [0.3, 0.4) is 0 Å². The second-order valence-corrected chi connectivity index (χ2v) is 9.40. The molecule has 0 aromatic heterocycles. The van der Waals surface area contributed by atoms with Crippen LogP contribution in [0.4, 0.5) is 35.1 Å². The van der Waals surface area contributed by atoms with Crippen LogP contribution in [0.2, 0.25) is 0 Å². The molecule has 9 heteroatoms. The fraction of sp³-hybridized carbons (Fsp3) is 0.226. The van der Waals surface area contributed by atoms with Crippen molar-refractivity contribution in [3.8, 4) is 5.75 Å². The molecule has 40 heavy (non-hydrogen) atoms. The number of fused-ring (bicyclic) bond motifs is 1. The molecule has 0 atom stereocenters. The lowest BCUT2D eigenvalue weighted by atomic mass is 9.96. The number of halogens is 8. The molecule has 4 aromatic carbocycles. The fourth-order valence-corrected chi connectivity index (χ4v) is 4.56. The van der Waals surface area contributed by atoms with E-state index >= 15 is 4.39 Å². The van der Waals surface area contributed by atoms with Crippen LogP contribution in [-0.2, 0) is 32.1 Å². The Balaban J connectivity index is 1.45. The lowest BCUT2D eigenvalue weighted by molar-refractivity contribution is -0.276. The van der Waals surface area contributed by atoms with Crippen molar-refractivity contribution in [1.82, 2.24) is 0 Å². The number of hydrogen-bond acceptors (Lipinski definition) is 1. The standard InChI is InChI=1S/C31H24F8O/c1-2-3-4-19-14-25(32)24(26(33)15-19)12-7-18-6-11-23-22(13-18)10-9-21(29(23)36)8-5-20-16-27(34)30(28(35)17-20)40-31(37,38)39/h2,6,9-11,13-17H,1,3-5,7-8,12H2. The van der Waals surface area contributed by atoms with Gasteiger partial charge >= 0.3 is 6.36 Å². The maximum Gasteiger partial charge on any atom is 0.573 e. The Morgan fingerprint density at radius 1 is 0.650 bits per heavy atom. The number of benzene rings is 4. The number of rotatable bonds is 10. The third-order valence-electron chi connectivity index (χ3n) is 6.56. The summed E-state index contributed by atoms with van der Waals surface area (Å²) >= 11 is 0. The summed E-state index contributed by atoms with van der Waals surface area (Å²) in [7, 11) is 0. The highest BCUT2D eigenvalue weighted by Gasteiger charge is 2.34. The molecule has 210 valence electrons. The lowest BCUT2D eigenvalue weighted by Gasteiger charge is -2.12. The highest BCUT2D eigenvalue weighted by atomic mass is 19.4. The molecule has 0 fully saturated rings. The van der Waals surface area contributed by atoms with E-state index < -0.39 is 41.2 Å². The van der Waals surface area contributed by atoms with Crippen LogP contribution >= 0.6 is 0 Å². The van der Waals surface area contributed by atoms with Crippen LogP contribution in [0, 0.1) is 29.1 Å². The van der Waals surface area contributed by atoms with Gasteiger partial charge in [0.2, 0.25) is 5.75 Å². The number of alkyl halides is 3. The van der Waals surface area contributed by atoms with Gasteiger partial charge in [0.1, 0.15) is 17.5 Å². The molecular formula is C31H24F8O. The molecular weight excluding hydrogens is 540 g/mol. The van der Waals surface area contributed by atoms with Gasteiger partial charge in [-0.1, -0.05) is 36.4 Å². The SMILES string of the molecule is C=CCCc1cc(F)c(CCc2ccc3c(F)c(CCc4cc(F)c(OC(F)(F)F)c(F)c4)ccc3c2)c(F)c1. The summed E-state index contributed by atoms with van der Waals surface area (Å²) in [4.78, 5) is 0. The predicted octanol–water partition coefficient (Wildman–Crippen LogP) is 9.12. The summed E-state index contributed by atoms with van der Waals surface area (Å²) in [6.45, 7) is 3.60. The van der Waals surface area contributed by atoms with Crippen molar-refractivity contribution in [1.29, 1.82) is 0 Å². The molecule has 0 N–H and O–H groups in total. The van der Waals surface area contributed by atoms with Crippen LogP contribution in [0.1, 0.15) is 34.2 Å². The smallest absolute Gasteiger partial charge is 0.399 e. The minimum atomic E-state index is -5.25. The van der Waals surface area contributed by atoms with Gasteiger partial charge < -0.3 is 4.74 Å². The van der Waals surface area contributed by atoms with Gasteiger partial charge in [-0.05, 0) is 90.4 Å². The summed E-state index contributed by atoms with van der Waals surface area (Å²) in [6.07, 6.45) is -2.04. The van der Waals surface area contributed by atoms with Crippen molar-refractivity contribution < 1.29 is 39.9 Å². The molecule has 0 radical (unpaired) electrons. The van der Waals surface area contributed by atoms with Crippen LogP contribution in [0.5, 0.6) is 5.75 Å². The van der Waals surface area contributed by atoms with E-state index in [0.29, 0.717) is 30.2 Å². The number of aryl methyl sites for hydroxylation is 4. The van der Waals surface area contributed by atoms with Crippen molar-refractivity contribution in [2.45, 2.75) is 44.9 Å². The largest absolute Gasteiger partial charge is 0.573 e. The average Bonchev–Trinajstić information content (AvgIpc) is 2.88. The second-order valence-electron chi connectivity index (χ2n) is 9.40. The van der Waals surface area contributed by atoms with Crippen LogP contribution < -0.4 is 4.74 Å².